The molecule has 0 saturated heterocycles. The average Bonchev–Trinajstić information content (AvgIpc) is 3.23. The van der Waals surface area contributed by atoms with Crippen molar-refractivity contribution < 1.29 is 4.79 Å². The highest BCUT2D eigenvalue weighted by Gasteiger charge is 2.23. The van der Waals surface area contributed by atoms with Gasteiger partial charge in [0.1, 0.15) is 0 Å². The second kappa shape index (κ2) is 5.93. The molecule has 1 aliphatic rings. The summed E-state index contributed by atoms with van der Waals surface area (Å²) in [4.78, 5) is 20.0. The number of nitrogens with zero attached hydrogens (tertiary/aromatic N) is 5. The topological polar surface area (TPSA) is 95.2 Å². The molecular formula is C16H11ClN6O. The van der Waals surface area contributed by atoms with Crippen molar-refractivity contribution >= 4 is 28.3 Å². The minimum atomic E-state index is -0.413. The van der Waals surface area contributed by atoms with E-state index in [1.165, 1.54) is 0 Å². The normalized spacial score (nSPS) is 13.9. The van der Waals surface area contributed by atoms with Crippen molar-refractivity contribution in [2.75, 3.05) is 0 Å². The molecule has 2 aromatic heterocycles. The first-order chi connectivity index (χ1) is 11.7. The van der Waals surface area contributed by atoms with Gasteiger partial charge >= 0.3 is 0 Å². The lowest BCUT2D eigenvalue weighted by Gasteiger charge is -2.05. The van der Waals surface area contributed by atoms with Crippen LogP contribution in [0.5, 0.6) is 0 Å². The average molecular weight is 339 g/mol. The van der Waals surface area contributed by atoms with Crippen molar-refractivity contribution in [1.29, 1.82) is 0 Å². The van der Waals surface area contributed by atoms with E-state index in [4.69, 9.17) is 11.6 Å². The largest absolute Gasteiger partial charge is 0.352 e. The Morgan fingerprint density at radius 2 is 1.88 bits per heavy atom. The van der Waals surface area contributed by atoms with Crippen LogP contribution < -0.4 is 0 Å². The number of rotatable bonds is 4. The number of carbonyl (C=O) groups is 1. The summed E-state index contributed by atoms with van der Waals surface area (Å²) < 4.78 is 0. The molecule has 1 N–H and O–H groups in total. The summed E-state index contributed by atoms with van der Waals surface area (Å²) in [5.74, 6) is -0.119. The fourth-order valence-corrected chi connectivity index (χ4v) is 2.91. The summed E-state index contributed by atoms with van der Waals surface area (Å²) in [6.07, 6.45) is 3.20. The van der Waals surface area contributed by atoms with Gasteiger partial charge in [-0.3, -0.25) is 9.78 Å². The van der Waals surface area contributed by atoms with Gasteiger partial charge in [0.2, 0.25) is 5.78 Å². The van der Waals surface area contributed by atoms with Gasteiger partial charge in [0.15, 0.2) is 6.17 Å². The molecule has 7 nitrogen and oxygen atoms in total. The first kappa shape index (κ1) is 14.6. The second-order valence-electron chi connectivity index (χ2n) is 5.33. The Kier molecular flexibility index (Phi) is 3.62. The number of H-pyrrole nitrogens is 1. The number of hydrogen-bond acceptors (Lipinski definition) is 6. The summed E-state index contributed by atoms with van der Waals surface area (Å²) in [5, 5.41) is 16.4. The Bertz CT molecular complexity index is 967. The fraction of sp³-hybridized carbons (Fsp3) is 0.125. The number of aromatic amines is 1. The maximum absolute atomic E-state index is 12.9. The Labute approximate surface area is 141 Å². The highest BCUT2D eigenvalue weighted by atomic mass is 35.5. The molecule has 8 heteroatoms. The van der Waals surface area contributed by atoms with E-state index in [-0.39, 0.29) is 5.78 Å². The van der Waals surface area contributed by atoms with Crippen LogP contribution in [0.1, 0.15) is 21.6 Å². The molecule has 0 radical (unpaired) electrons. The zero-order valence-electron chi connectivity index (χ0n) is 12.3. The predicted octanol–water partition coefficient (Wildman–Crippen LogP) is 4.15. The van der Waals surface area contributed by atoms with Crippen molar-refractivity contribution in [3.8, 4) is 0 Å². The number of nitrogens with one attached hydrogen (secondary N) is 1. The van der Waals surface area contributed by atoms with Crippen molar-refractivity contribution in [3.63, 3.8) is 0 Å². The minimum Gasteiger partial charge on any atom is -0.352 e. The van der Waals surface area contributed by atoms with E-state index >= 15 is 0 Å². The van der Waals surface area contributed by atoms with E-state index in [2.05, 4.69) is 30.6 Å². The van der Waals surface area contributed by atoms with Crippen LogP contribution in [0, 0.1) is 0 Å². The number of ketones is 1. The van der Waals surface area contributed by atoms with Gasteiger partial charge in [-0.1, -0.05) is 17.7 Å². The van der Waals surface area contributed by atoms with E-state index in [1.54, 1.807) is 36.7 Å². The van der Waals surface area contributed by atoms with Crippen LogP contribution in [0.25, 0.3) is 10.9 Å². The highest BCUT2D eigenvalue weighted by Crippen LogP contribution is 2.29. The number of carbonyl (C=O) groups excluding carboxylic acids is 1. The molecule has 0 aliphatic carbocycles. The van der Waals surface area contributed by atoms with Gasteiger partial charge in [0, 0.05) is 40.3 Å². The third kappa shape index (κ3) is 2.59. The molecule has 24 heavy (non-hydrogen) atoms. The zero-order valence-corrected chi connectivity index (χ0v) is 13.1. The molecule has 0 bridgehead atoms. The molecule has 0 unspecified atom stereocenters. The summed E-state index contributed by atoms with van der Waals surface area (Å²) in [6.45, 7) is 0. The van der Waals surface area contributed by atoms with Crippen molar-refractivity contribution in [2.24, 2.45) is 20.7 Å². The lowest BCUT2D eigenvalue weighted by molar-refractivity contribution is 0.103. The Hall–Kier alpha value is -2.93. The Morgan fingerprint density at radius 3 is 2.62 bits per heavy atom. The lowest BCUT2D eigenvalue weighted by Crippen LogP contribution is -2.09. The third-order valence-corrected chi connectivity index (χ3v) is 4.07. The molecule has 0 amide bonds. The Morgan fingerprint density at radius 1 is 1.12 bits per heavy atom. The molecule has 0 fully saturated rings. The maximum Gasteiger partial charge on any atom is 0.209 e. The van der Waals surface area contributed by atoms with Crippen LogP contribution in [0.15, 0.2) is 63.4 Å². The summed E-state index contributed by atoms with van der Waals surface area (Å²) in [7, 11) is 0. The van der Waals surface area contributed by atoms with Gasteiger partial charge in [0.25, 0.3) is 0 Å². The van der Waals surface area contributed by atoms with Crippen molar-refractivity contribution in [2.45, 2.75) is 12.6 Å². The predicted molar refractivity (Wildman–Crippen MR) is 88.2 cm³/mol. The summed E-state index contributed by atoms with van der Waals surface area (Å²) in [5.41, 5.74) is 2.67. The smallest absolute Gasteiger partial charge is 0.209 e. The maximum atomic E-state index is 12.9. The van der Waals surface area contributed by atoms with Crippen molar-refractivity contribution in [3.05, 3.63) is 64.6 Å². The van der Waals surface area contributed by atoms with Crippen LogP contribution in [0.4, 0.5) is 0 Å². The van der Waals surface area contributed by atoms with Gasteiger partial charge in [-0.2, -0.15) is 0 Å². The zero-order chi connectivity index (χ0) is 16.5. The molecule has 0 saturated carbocycles. The standard InChI is InChI=1S/C16H11ClN6O/c17-10-1-2-11-12(8-14-20-22-23-21-14)15(19-13(11)7-10)16(24)9-3-5-18-6-4-9/h1-7,14,19H,8H2. The number of fused-ring (bicyclic) bond motifs is 1. The van der Waals surface area contributed by atoms with Crippen LogP contribution in [0.3, 0.4) is 0 Å². The summed E-state index contributed by atoms with van der Waals surface area (Å²) in [6, 6.07) is 8.83. The van der Waals surface area contributed by atoms with Gasteiger partial charge in [-0.15, -0.1) is 10.2 Å². The van der Waals surface area contributed by atoms with Gasteiger partial charge < -0.3 is 4.98 Å². The third-order valence-electron chi connectivity index (χ3n) is 3.83. The van der Waals surface area contributed by atoms with Crippen molar-refractivity contribution in [1.82, 2.24) is 9.97 Å². The molecule has 3 aromatic rings. The number of benzene rings is 1. The minimum absolute atomic E-state index is 0.119. The number of hydrogen-bond donors (Lipinski definition) is 1. The number of halogens is 1. The number of aromatic nitrogens is 2. The molecule has 118 valence electrons. The second-order valence-corrected chi connectivity index (χ2v) is 5.76. The van der Waals surface area contributed by atoms with Crippen LogP contribution in [-0.4, -0.2) is 21.9 Å². The van der Waals surface area contributed by atoms with Gasteiger partial charge in [-0.25, -0.2) is 0 Å². The Balaban J connectivity index is 1.85. The van der Waals surface area contributed by atoms with Gasteiger partial charge in [-0.05, 0) is 40.3 Å². The highest BCUT2D eigenvalue weighted by molar-refractivity contribution is 6.31. The summed E-state index contributed by atoms with van der Waals surface area (Å²) >= 11 is 6.07. The lowest BCUT2D eigenvalue weighted by atomic mass is 10.0. The SMILES string of the molecule is O=C(c1ccncc1)c1[nH]c2cc(Cl)ccc2c1CC1N=NN=N1. The van der Waals surface area contributed by atoms with E-state index in [0.29, 0.717) is 22.7 Å². The van der Waals surface area contributed by atoms with E-state index < -0.39 is 6.17 Å². The van der Waals surface area contributed by atoms with Gasteiger partial charge in [0.05, 0.1) is 5.69 Å². The van der Waals surface area contributed by atoms with Crippen LogP contribution in [0.2, 0.25) is 5.02 Å². The fourth-order valence-electron chi connectivity index (χ4n) is 2.73. The van der Waals surface area contributed by atoms with Crippen LogP contribution >= 0.6 is 11.6 Å². The van der Waals surface area contributed by atoms with E-state index in [1.807, 2.05) is 6.07 Å². The van der Waals surface area contributed by atoms with E-state index in [9.17, 15) is 4.79 Å². The quantitative estimate of drug-likeness (QED) is 0.723. The molecular weight excluding hydrogens is 328 g/mol. The molecule has 1 aromatic carbocycles. The first-order valence-electron chi connectivity index (χ1n) is 7.27. The molecule has 0 atom stereocenters. The monoisotopic (exact) mass is 338 g/mol. The molecule has 0 spiro atoms. The molecule has 4 rings (SSSR count). The number of pyridine rings is 1. The molecule has 3 heterocycles. The van der Waals surface area contributed by atoms with E-state index in [0.717, 1.165) is 16.5 Å². The first-order valence-corrected chi connectivity index (χ1v) is 7.65. The van der Waals surface area contributed by atoms with Crippen LogP contribution in [-0.2, 0) is 6.42 Å². The molecule has 1 aliphatic heterocycles.